The van der Waals surface area contributed by atoms with Gasteiger partial charge in [0.1, 0.15) is 5.69 Å². The van der Waals surface area contributed by atoms with Crippen molar-refractivity contribution in [1.29, 1.82) is 0 Å². The lowest BCUT2D eigenvalue weighted by Crippen LogP contribution is -2.17. The average molecular weight is 282 g/mol. The zero-order chi connectivity index (χ0) is 14.7. The molecular formula is C14H14N6O. The van der Waals surface area contributed by atoms with Crippen molar-refractivity contribution in [1.82, 2.24) is 25.0 Å². The molecule has 0 aliphatic rings. The van der Waals surface area contributed by atoms with Gasteiger partial charge in [0.05, 0.1) is 5.69 Å². The largest absolute Gasteiger partial charge is 0.304 e. The van der Waals surface area contributed by atoms with E-state index < -0.39 is 0 Å². The molecule has 0 atom stereocenters. The minimum absolute atomic E-state index is 0.234. The van der Waals surface area contributed by atoms with Crippen LogP contribution < -0.4 is 5.32 Å². The van der Waals surface area contributed by atoms with Crippen LogP contribution in [0.25, 0.3) is 11.3 Å². The van der Waals surface area contributed by atoms with Crippen LogP contribution in [0.4, 0.5) is 5.82 Å². The van der Waals surface area contributed by atoms with Gasteiger partial charge < -0.3 is 5.32 Å². The van der Waals surface area contributed by atoms with E-state index in [1.807, 2.05) is 19.1 Å². The maximum absolute atomic E-state index is 12.2. The van der Waals surface area contributed by atoms with Crippen LogP contribution in [0.5, 0.6) is 0 Å². The average Bonchev–Trinajstić information content (AvgIpc) is 3.16. The predicted molar refractivity (Wildman–Crippen MR) is 77.7 cm³/mol. The van der Waals surface area contributed by atoms with Crippen molar-refractivity contribution in [2.75, 3.05) is 5.32 Å². The molecule has 21 heavy (non-hydrogen) atoms. The van der Waals surface area contributed by atoms with Gasteiger partial charge in [0.15, 0.2) is 5.82 Å². The van der Waals surface area contributed by atoms with Crippen LogP contribution >= 0.6 is 0 Å². The molecule has 3 rings (SSSR count). The molecule has 0 fully saturated rings. The van der Waals surface area contributed by atoms with Crippen molar-refractivity contribution >= 4 is 11.7 Å². The lowest BCUT2D eigenvalue weighted by molar-refractivity contribution is 0.101. The number of carbonyl (C=O) groups is 1. The SMILES string of the molecule is CCn1nccc1C(=O)Nc1cc(-c2ccncc2)[nH]n1. The molecule has 0 aromatic carbocycles. The fourth-order valence-corrected chi connectivity index (χ4v) is 2.02. The van der Waals surface area contributed by atoms with Crippen LogP contribution in [-0.4, -0.2) is 30.9 Å². The van der Waals surface area contributed by atoms with E-state index in [4.69, 9.17) is 0 Å². The van der Waals surface area contributed by atoms with Crippen LogP contribution in [0.1, 0.15) is 17.4 Å². The van der Waals surface area contributed by atoms with E-state index in [2.05, 4.69) is 25.6 Å². The van der Waals surface area contributed by atoms with Crippen LogP contribution in [0, 0.1) is 0 Å². The summed E-state index contributed by atoms with van der Waals surface area (Å²) in [5.41, 5.74) is 2.28. The van der Waals surface area contributed by atoms with E-state index in [1.54, 1.807) is 35.4 Å². The smallest absolute Gasteiger partial charge is 0.275 e. The molecule has 2 N–H and O–H groups in total. The third-order valence-electron chi connectivity index (χ3n) is 3.06. The summed E-state index contributed by atoms with van der Waals surface area (Å²) in [5.74, 6) is 0.234. The number of H-pyrrole nitrogens is 1. The number of carbonyl (C=O) groups excluding carboxylic acids is 1. The van der Waals surface area contributed by atoms with Gasteiger partial charge in [0, 0.05) is 36.8 Å². The molecule has 3 aromatic rings. The Balaban J connectivity index is 1.77. The topological polar surface area (TPSA) is 88.5 Å². The molecule has 0 spiro atoms. The zero-order valence-corrected chi connectivity index (χ0v) is 11.4. The maximum atomic E-state index is 12.2. The molecule has 0 saturated heterocycles. The Morgan fingerprint density at radius 3 is 2.86 bits per heavy atom. The number of nitrogens with zero attached hydrogens (tertiary/aromatic N) is 4. The van der Waals surface area contributed by atoms with Crippen LogP contribution in [0.3, 0.4) is 0 Å². The van der Waals surface area contributed by atoms with Crippen molar-refractivity contribution in [3.05, 3.63) is 48.5 Å². The summed E-state index contributed by atoms with van der Waals surface area (Å²) in [5, 5.41) is 13.8. The summed E-state index contributed by atoms with van der Waals surface area (Å²) in [6, 6.07) is 7.19. The summed E-state index contributed by atoms with van der Waals surface area (Å²) >= 11 is 0. The van der Waals surface area contributed by atoms with Crippen molar-refractivity contribution in [3.8, 4) is 11.3 Å². The molecule has 106 valence electrons. The molecule has 7 nitrogen and oxygen atoms in total. The number of hydrogen-bond donors (Lipinski definition) is 2. The second-order valence-corrected chi connectivity index (χ2v) is 4.39. The Hall–Kier alpha value is -2.96. The number of aromatic nitrogens is 5. The van der Waals surface area contributed by atoms with E-state index in [0.717, 1.165) is 11.3 Å². The lowest BCUT2D eigenvalue weighted by Gasteiger charge is -2.03. The van der Waals surface area contributed by atoms with Crippen molar-refractivity contribution in [2.45, 2.75) is 13.5 Å². The van der Waals surface area contributed by atoms with Gasteiger partial charge in [0.25, 0.3) is 5.91 Å². The first-order chi connectivity index (χ1) is 10.3. The Labute approximate surface area is 121 Å². The first kappa shape index (κ1) is 13.0. The van der Waals surface area contributed by atoms with E-state index >= 15 is 0 Å². The minimum Gasteiger partial charge on any atom is -0.304 e. The minimum atomic E-state index is -0.234. The molecule has 0 aliphatic heterocycles. The Morgan fingerprint density at radius 1 is 1.29 bits per heavy atom. The summed E-state index contributed by atoms with van der Waals surface area (Å²) in [4.78, 5) is 16.1. The van der Waals surface area contributed by atoms with Gasteiger partial charge in [-0.1, -0.05) is 0 Å². The molecule has 0 radical (unpaired) electrons. The number of aryl methyl sites for hydroxylation is 1. The van der Waals surface area contributed by atoms with Gasteiger partial charge >= 0.3 is 0 Å². The standard InChI is InChI=1S/C14H14N6O/c1-2-20-12(5-8-16-20)14(21)17-13-9-11(18-19-13)10-3-6-15-7-4-10/h3-9H,2H2,1H3,(H2,17,18,19,21). The molecule has 7 heteroatoms. The summed E-state index contributed by atoms with van der Waals surface area (Å²) < 4.78 is 1.63. The highest BCUT2D eigenvalue weighted by Crippen LogP contribution is 2.18. The van der Waals surface area contributed by atoms with Gasteiger partial charge in [-0.15, -0.1) is 0 Å². The number of anilines is 1. The number of nitrogens with one attached hydrogen (secondary N) is 2. The summed E-state index contributed by atoms with van der Waals surface area (Å²) in [6.45, 7) is 2.57. The van der Waals surface area contributed by atoms with E-state index in [9.17, 15) is 4.79 Å². The van der Waals surface area contributed by atoms with Crippen LogP contribution in [-0.2, 0) is 6.54 Å². The number of amides is 1. The van der Waals surface area contributed by atoms with E-state index in [1.165, 1.54) is 0 Å². The van der Waals surface area contributed by atoms with E-state index in [0.29, 0.717) is 18.1 Å². The second kappa shape index (κ2) is 5.58. The van der Waals surface area contributed by atoms with Crippen LogP contribution in [0.2, 0.25) is 0 Å². The first-order valence-corrected chi connectivity index (χ1v) is 6.57. The normalized spacial score (nSPS) is 10.5. The van der Waals surface area contributed by atoms with Gasteiger partial charge in [0.2, 0.25) is 0 Å². The van der Waals surface area contributed by atoms with Gasteiger partial charge in [-0.05, 0) is 25.1 Å². The number of aromatic amines is 1. The molecule has 0 aliphatic carbocycles. The highest BCUT2D eigenvalue weighted by Gasteiger charge is 2.13. The lowest BCUT2D eigenvalue weighted by atomic mass is 10.2. The molecule has 0 saturated carbocycles. The van der Waals surface area contributed by atoms with Gasteiger partial charge in [-0.2, -0.15) is 10.2 Å². The fourth-order valence-electron chi connectivity index (χ4n) is 2.02. The maximum Gasteiger partial charge on any atom is 0.275 e. The summed E-state index contributed by atoms with van der Waals surface area (Å²) in [7, 11) is 0. The number of hydrogen-bond acceptors (Lipinski definition) is 4. The van der Waals surface area contributed by atoms with Crippen molar-refractivity contribution in [2.24, 2.45) is 0 Å². The predicted octanol–water partition coefficient (Wildman–Crippen LogP) is 1.94. The monoisotopic (exact) mass is 282 g/mol. The molecule has 3 heterocycles. The number of pyridine rings is 1. The second-order valence-electron chi connectivity index (χ2n) is 4.39. The third kappa shape index (κ3) is 2.66. The van der Waals surface area contributed by atoms with Gasteiger partial charge in [-0.25, -0.2) is 0 Å². The third-order valence-corrected chi connectivity index (χ3v) is 3.06. The van der Waals surface area contributed by atoms with E-state index in [-0.39, 0.29) is 5.91 Å². The highest BCUT2D eigenvalue weighted by atomic mass is 16.2. The Kier molecular flexibility index (Phi) is 3.46. The molecular weight excluding hydrogens is 268 g/mol. The number of rotatable bonds is 4. The molecule has 1 amide bonds. The van der Waals surface area contributed by atoms with Gasteiger partial charge in [-0.3, -0.25) is 19.6 Å². The van der Waals surface area contributed by atoms with Crippen molar-refractivity contribution in [3.63, 3.8) is 0 Å². The first-order valence-electron chi connectivity index (χ1n) is 6.57. The fraction of sp³-hybridized carbons (Fsp3) is 0.143. The zero-order valence-electron chi connectivity index (χ0n) is 11.4. The van der Waals surface area contributed by atoms with Crippen LogP contribution in [0.15, 0.2) is 42.9 Å². The molecule has 3 aromatic heterocycles. The molecule has 0 bridgehead atoms. The molecule has 0 unspecified atom stereocenters. The Bertz CT molecular complexity index is 746. The summed E-state index contributed by atoms with van der Waals surface area (Å²) in [6.07, 6.45) is 5.01. The Morgan fingerprint density at radius 2 is 2.10 bits per heavy atom. The quantitative estimate of drug-likeness (QED) is 0.765. The highest BCUT2D eigenvalue weighted by molar-refractivity contribution is 6.02. The van der Waals surface area contributed by atoms with Crippen molar-refractivity contribution < 1.29 is 4.79 Å².